The van der Waals surface area contributed by atoms with Crippen LogP contribution >= 0.6 is 11.6 Å². The molecule has 1 aliphatic heterocycles. The van der Waals surface area contributed by atoms with Crippen LogP contribution in [0.3, 0.4) is 0 Å². The van der Waals surface area contributed by atoms with Gasteiger partial charge in [-0.3, -0.25) is 9.69 Å². The molecule has 0 aliphatic carbocycles. The molecule has 6 heteroatoms. The molecule has 0 spiro atoms. The largest absolute Gasteiger partial charge is 0.495 e. The highest BCUT2D eigenvalue weighted by molar-refractivity contribution is 6.31. The fourth-order valence-corrected chi connectivity index (χ4v) is 2.62. The Morgan fingerprint density at radius 1 is 1.57 bits per heavy atom. The maximum atomic E-state index is 12.1. The summed E-state index contributed by atoms with van der Waals surface area (Å²) in [4.78, 5) is 14.4. The van der Waals surface area contributed by atoms with E-state index >= 15 is 0 Å². The molecular weight excluding hydrogens is 290 g/mol. The van der Waals surface area contributed by atoms with Crippen LogP contribution in [0.25, 0.3) is 0 Å². The molecule has 1 amide bonds. The minimum absolute atomic E-state index is 0.0266. The van der Waals surface area contributed by atoms with Crippen LogP contribution in [-0.4, -0.2) is 50.1 Å². The van der Waals surface area contributed by atoms with E-state index in [1.807, 2.05) is 0 Å². The highest BCUT2D eigenvalue weighted by atomic mass is 35.5. The van der Waals surface area contributed by atoms with Crippen LogP contribution in [0.1, 0.15) is 13.3 Å². The standard InChI is InChI=1S/C15H22ClN3O2/c1-11-10-17-6-8-19(11)7-5-15(20)18-13-9-12(16)3-4-14(13)21-2/h3-4,9,11,17H,5-8,10H2,1-2H3,(H,18,20)/t11-/m1/s1. The number of ether oxygens (including phenoxy) is 1. The summed E-state index contributed by atoms with van der Waals surface area (Å²) in [5, 5.41) is 6.78. The number of piperazine rings is 1. The Bertz CT molecular complexity index is 496. The van der Waals surface area contributed by atoms with Crippen LogP contribution in [0.4, 0.5) is 5.69 Å². The third-order valence-electron chi connectivity index (χ3n) is 3.70. The molecule has 1 aromatic carbocycles. The number of nitrogens with zero attached hydrogens (tertiary/aromatic N) is 1. The van der Waals surface area contributed by atoms with Crippen molar-refractivity contribution in [1.82, 2.24) is 10.2 Å². The van der Waals surface area contributed by atoms with E-state index in [9.17, 15) is 4.79 Å². The van der Waals surface area contributed by atoms with Crippen molar-refractivity contribution in [3.8, 4) is 5.75 Å². The van der Waals surface area contributed by atoms with Gasteiger partial charge >= 0.3 is 0 Å². The van der Waals surface area contributed by atoms with Gasteiger partial charge in [0.2, 0.25) is 5.91 Å². The molecule has 116 valence electrons. The number of carbonyl (C=O) groups excluding carboxylic acids is 1. The van der Waals surface area contributed by atoms with Crippen molar-refractivity contribution in [2.45, 2.75) is 19.4 Å². The first-order valence-corrected chi connectivity index (χ1v) is 7.56. The highest BCUT2D eigenvalue weighted by Gasteiger charge is 2.18. The first-order valence-electron chi connectivity index (χ1n) is 7.18. The molecule has 1 saturated heterocycles. The predicted octanol–water partition coefficient (Wildman–Crippen LogP) is 1.97. The number of methoxy groups -OCH3 is 1. The Morgan fingerprint density at radius 2 is 2.38 bits per heavy atom. The lowest BCUT2D eigenvalue weighted by atomic mass is 10.2. The molecule has 2 rings (SSSR count). The average molecular weight is 312 g/mol. The number of carbonyl (C=O) groups is 1. The van der Waals surface area contributed by atoms with Gasteiger partial charge in [-0.15, -0.1) is 0 Å². The van der Waals surface area contributed by atoms with Crippen molar-refractivity contribution in [1.29, 1.82) is 0 Å². The third-order valence-corrected chi connectivity index (χ3v) is 3.94. The lowest BCUT2D eigenvalue weighted by Gasteiger charge is -2.33. The summed E-state index contributed by atoms with van der Waals surface area (Å²) in [5.41, 5.74) is 0.614. The van der Waals surface area contributed by atoms with Gasteiger partial charge in [-0.05, 0) is 25.1 Å². The Morgan fingerprint density at radius 3 is 3.10 bits per heavy atom. The van der Waals surface area contributed by atoms with Crippen molar-refractivity contribution in [2.24, 2.45) is 0 Å². The Balaban J connectivity index is 1.88. The van der Waals surface area contributed by atoms with Crippen LogP contribution in [0.5, 0.6) is 5.75 Å². The Kier molecular flexibility index (Phi) is 5.85. The third kappa shape index (κ3) is 4.59. The van der Waals surface area contributed by atoms with Gasteiger partial charge in [-0.25, -0.2) is 0 Å². The van der Waals surface area contributed by atoms with E-state index in [4.69, 9.17) is 16.3 Å². The van der Waals surface area contributed by atoms with E-state index in [0.29, 0.717) is 28.9 Å². The van der Waals surface area contributed by atoms with Gasteiger partial charge in [0.25, 0.3) is 0 Å². The number of hydrogen-bond donors (Lipinski definition) is 2. The molecule has 2 N–H and O–H groups in total. The summed E-state index contributed by atoms with van der Waals surface area (Å²) in [6.07, 6.45) is 0.458. The second-order valence-corrected chi connectivity index (χ2v) is 5.67. The minimum atomic E-state index is -0.0266. The van der Waals surface area contributed by atoms with Crippen LogP contribution in [0.2, 0.25) is 5.02 Å². The summed E-state index contributed by atoms with van der Waals surface area (Å²) in [6.45, 7) is 5.87. The summed E-state index contributed by atoms with van der Waals surface area (Å²) < 4.78 is 5.22. The van der Waals surface area contributed by atoms with E-state index in [2.05, 4.69) is 22.5 Å². The maximum Gasteiger partial charge on any atom is 0.225 e. The molecule has 1 heterocycles. The molecule has 1 aliphatic rings. The van der Waals surface area contributed by atoms with Crippen molar-refractivity contribution in [3.05, 3.63) is 23.2 Å². The maximum absolute atomic E-state index is 12.1. The van der Waals surface area contributed by atoms with Gasteiger partial charge in [-0.2, -0.15) is 0 Å². The SMILES string of the molecule is COc1ccc(Cl)cc1NC(=O)CCN1CCNC[C@H]1C. The van der Waals surface area contributed by atoms with E-state index in [0.717, 1.165) is 26.2 Å². The normalized spacial score (nSPS) is 19.3. The molecule has 5 nitrogen and oxygen atoms in total. The van der Waals surface area contributed by atoms with Crippen molar-refractivity contribution in [2.75, 3.05) is 38.6 Å². The highest BCUT2D eigenvalue weighted by Crippen LogP contribution is 2.27. The molecule has 0 saturated carbocycles. The van der Waals surface area contributed by atoms with E-state index in [1.54, 1.807) is 25.3 Å². The lowest BCUT2D eigenvalue weighted by Crippen LogP contribution is -2.50. The molecule has 21 heavy (non-hydrogen) atoms. The molecule has 1 fully saturated rings. The van der Waals surface area contributed by atoms with Gasteiger partial charge in [0.15, 0.2) is 0 Å². The quantitative estimate of drug-likeness (QED) is 0.873. The smallest absolute Gasteiger partial charge is 0.225 e. The molecule has 0 unspecified atom stereocenters. The zero-order chi connectivity index (χ0) is 15.2. The number of benzene rings is 1. The topological polar surface area (TPSA) is 53.6 Å². The molecular formula is C15H22ClN3O2. The van der Waals surface area contributed by atoms with Crippen LogP contribution in [-0.2, 0) is 4.79 Å². The van der Waals surface area contributed by atoms with E-state index in [-0.39, 0.29) is 5.91 Å². The van der Waals surface area contributed by atoms with E-state index < -0.39 is 0 Å². The second-order valence-electron chi connectivity index (χ2n) is 5.23. The van der Waals surface area contributed by atoms with Crippen molar-refractivity contribution in [3.63, 3.8) is 0 Å². The zero-order valence-electron chi connectivity index (χ0n) is 12.5. The number of rotatable bonds is 5. The summed E-state index contributed by atoms with van der Waals surface area (Å²) in [6, 6.07) is 5.65. The number of anilines is 1. The van der Waals surface area contributed by atoms with Gasteiger partial charge < -0.3 is 15.4 Å². The molecule has 0 radical (unpaired) electrons. The van der Waals surface area contributed by atoms with Crippen LogP contribution < -0.4 is 15.4 Å². The van der Waals surface area contributed by atoms with Crippen LogP contribution in [0.15, 0.2) is 18.2 Å². The molecule has 1 aromatic rings. The average Bonchev–Trinajstić information content (AvgIpc) is 2.47. The van der Waals surface area contributed by atoms with Gasteiger partial charge in [0, 0.05) is 43.7 Å². The minimum Gasteiger partial charge on any atom is -0.495 e. The summed E-state index contributed by atoms with van der Waals surface area (Å²) >= 11 is 5.95. The molecule has 0 bridgehead atoms. The first kappa shape index (κ1) is 16.1. The van der Waals surface area contributed by atoms with Crippen LogP contribution in [0, 0.1) is 0 Å². The second kappa shape index (κ2) is 7.64. The van der Waals surface area contributed by atoms with Gasteiger partial charge in [0.1, 0.15) is 5.75 Å². The van der Waals surface area contributed by atoms with Gasteiger partial charge in [-0.1, -0.05) is 11.6 Å². The monoisotopic (exact) mass is 311 g/mol. The zero-order valence-corrected chi connectivity index (χ0v) is 13.2. The number of halogens is 1. The fourth-order valence-electron chi connectivity index (χ4n) is 2.45. The Hall–Kier alpha value is -1.30. The lowest BCUT2D eigenvalue weighted by molar-refractivity contribution is -0.116. The number of hydrogen-bond acceptors (Lipinski definition) is 4. The number of amides is 1. The van der Waals surface area contributed by atoms with Crippen molar-refractivity contribution < 1.29 is 9.53 Å². The Labute approximate surface area is 130 Å². The predicted molar refractivity (Wildman–Crippen MR) is 85.2 cm³/mol. The summed E-state index contributed by atoms with van der Waals surface area (Å²) in [7, 11) is 1.57. The fraction of sp³-hybridized carbons (Fsp3) is 0.533. The van der Waals surface area contributed by atoms with Gasteiger partial charge in [0.05, 0.1) is 12.8 Å². The first-order chi connectivity index (χ1) is 10.1. The number of nitrogens with one attached hydrogen (secondary N) is 2. The van der Waals surface area contributed by atoms with Crippen molar-refractivity contribution >= 4 is 23.2 Å². The molecule has 1 atom stereocenters. The van der Waals surface area contributed by atoms with E-state index in [1.165, 1.54) is 0 Å². The summed E-state index contributed by atoms with van der Waals surface area (Å²) in [5.74, 6) is 0.588. The molecule has 0 aromatic heterocycles.